The minimum absolute atomic E-state index is 1.09. The zero-order valence-corrected chi connectivity index (χ0v) is 33.9. The third-order valence-electron chi connectivity index (χ3n) is 12.1. The molecule has 61 heavy (non-hydrogen) atoms. The summed E-state index contributed by atoms with van der Waals surface area (Å²) >= 11 is 0. The number of hydrogen-bond acceptors (Lipinski definition) is 1. The van der Waals surface area contributed by atoms with Crippen LogP contribution in [0.5, 0.6) is 0 Å². The number of para-hydroxylation sites is 2. The lowest BCUT2D eigenvalue weighted by Crippen LogP contribution is -2.10. The van der Waals surface area contributed by atoms with Crippen LogP contribution in [0, 0.1) is 6.92 Å². The Morgan fingerprint density at radius 2 is 0.639 bits per heavy atom. The van der Waals surface area contributed by atoms with Crippen molar-refractivity contribution in [3.8, 4) is 50.2 Å². The molecule has 0 amide bonds. The Labute approximate surface area is 356 Å². The van der Waals surface area contributed by atoms with Gasteiger partial charge in [0, 0.05) is 33.5 Å². The number of benzene rings is 10. The molecule has 0 saturated heterocycles. The summed E-state index contributed by atoms with van der Waals surface area (Å²) in [6.45, 7) is 2.13. The van der Waals surface area contributed by atoms with E-state index in [0.29, 0.717) is 0 Å². The van der Waals surface area contributed by atoms with Gasteiger partial charge in [0.1, 0.15) is 0 Å². The molecule has 0 N–H and O–H groups in total. The summed E-state index contributed by atoms with van der Waals surface area (Å²) in [5.74, 6) is 0. The molecule has 0 saturated carbocycles. The number of fused-ring (bicyclic) bond motifs is 4. The molecular weight excluding hydrogens is 737 g/mol. The third kappa shape index (κ3) is 6.84. The summed E-state index contributed by atoms with van der Waals surface area (Å²) in [6.07, 6.45) is 0. The monoisotopic (exact) mass is 778 g/mol. The summed E-state index contributed by atoms with van der Waals surface area (Å²) in [5.41, 5.74) is 17.8. The van der Waals surface area contributed by atoms with Crippen LogP contribution in [0.2, 0.25) is 0 Å². The fourth-order valence-electron chi connectivity index (χ4n) is 8.84. The molecule has 2 heteroatoms. The molecule has 0 fully saturated rings. The molecular formula is C59H42N2. The number of aromatic nitrogens is 1. The highest BCUT2D eigenvalue weighted by atomic mass is 15.1. The first-order chi connectivity index (χ1) is 30.1. The van der Waals surface area contributed by atoms with Gasteiger partial charge in [-0.05, 0) is 135 Å². The maximum atomic E-state index is 2.37. The molecule has 0 spiro atoms. The van der Waals surface area contributed by atoms with Crippen molar-refractivity contribution in [1.29, 1.82) is 0 Å². The van der Waals surface area contributed by atoms with Gasteiger partial charge >= 0.3 is 0 Å². The Kier molecular flexibility index (Phi) is 9.09. The Morgan fingerprint density at radius 3 is 1.11 bits per heavy atom. The van der Waals surface area contributed by atoms with Crippen molar-refractivity contribution in [1.82, 2.24) is 4.57 Å². The van der Waals surface area contributed by atoms with Crippen LogP contribution in [-0.2, 0) is 0 Å². The molecule has 11 aromatic rings. The molecule has 0 aliphatic rings. The van der Waals surface area contributed by atoms with Crippen molar-refractivity contribution in [3.05, 3.63) is 242 Å². The molecule has 0 bridgehead atoms. The molecule has 10 aromatic carbocycles. The molecule has 0 aliphatic carbocycles. The summed E-state index contributed by atoms with van der Waals surface area (Å²) in [5, 5.41) is 4.99. The number of anilines is 3. The second kappa shape index (κ2) is 15.3. The van der Waals surface area contributed by atoms with Gasteiger partial charge in [0.15, 0.2) is 0 Å². The van der Waals surface area contributed by atoms with Crippen LogP contribution >= 0.6 is 0 Å². The minimum Gasteiger partial charge on any atom is -0.311 e. The maximum absolute atomic E-state index is 2.37. The summed E-state index contributed by atoms with van der Waals surface area (Å²) in [4.78, 5) is 2.36. The predicted molar refractivity (Wildman–Crippen MR) is 259 cm³/mol. The van der Waals surface area contributed by atoms with E-state index in [9.17, 15) is 0 Å². The largest absolute Gasteiger partial charge is 0.311 e. The molecule has 0 atom stereocenters. The lowest BCUT2D eigenvalue weighted by molar-refractivity contribution is 1.17. The van der Waals surface area contributed by atoms with Gasteiger partial charge in [0.05, 0.1) is 11.0 Å². The molecule has 288 valence electrons. The van der Waals surface area contributed by atoms with Crippen molar-refractivity contribution < 1.29 is 0 Å². The van der Waals surface area contributed by atoms with E-state index in [1.54, 1.807) is 0 Å². The van der Waals surface area contributed by atoms with Crippen LogP contribution in [0.3, 0.4) is 0 Å². The molecule has 0 aliphatic heterocycles. The van der Waals surface area contributed by atoms with Gasteiger partial charge in [-0.2, -0.15) is 0 Å². The first-order valence-electron chi connectivity index (χ1n) is 21.0. The van der Waals surface area contributed by atoms with Crippen LogP contribution in [0.15, 0.2) is 237 Å². The Morgan fingerprint density at radius 1 is 0.295 bits per heavy atom. The summed E-state index contributed by atoms with van der Waals surface area (Å²) < 4.78 is 2.37. The van der Waals surface area contributed by atoms with Crippen LogP contribution < -0.4 is 4.90 Å². The highest BCUT2D eigenvalue weighted by Crippen LogP contribution is 2.39. The molecule has 0 unspecified atom stereocenters. The van der Waals surface area contributed by atoms with Crippen LogP contribution in [0.4, 0.5) is 17.1 Å². The lowest BCUT2D eigenvalue weighted by Gasteiger charge is -2.26. The van der Waals surface area contributed by atoms with E-state index in [2.05, 4.69) is 253 Å². The quantitative estimate of drug-likeness (QED) is 0.149. The predicted octanol–water partition coefficient (Wildman–Crippen LogP) is 16.4. The Hall–Kier alpha value is -7.94. The number of hydrogen-bond donors (Lipinski definition) is 0. The smallest absolute Gasteiger partial charge is 0.0541 e. The maximum Gasteiger partial charge on any atom is 0.0541 e. The Bertz CT molecular complexity index is 3250. The van der Waals surface area contributed by atoms with Gasteiger partial charge in [0.25, 0.3) is 0 Å². The SMILES string of the molecule is Cc1ccc(-c2ccc(-c3ccc(N(c4ccc(-c5ccc6cc(-c7ccccc7)ccc6c5)cc4)c4ccc(-n5c6ccccc6c6ccccc65)cc4)cc3)cc2)cc1. The van der Waals surface area contributed by atoms with Crippen LogP contribution in [-0.4, -0.2) is 4.57 Å². The van der Waals surface area contributed by atoms with Crippen molar-refractivity contribution in [2.45, 2.75) is 6.92 Å². The van der Waals surface area contributed by atoms with E-state index in [1.165, 1.54) is 82.6 Å². The van der Waals surface area contributed by atoms with E-state index < -0.39 is 0 Å². The average Bonchev–Trinajstić information content (AvgIpc) is 3.67. The Balaban J connectivity index is 0.942. The van der Waals surface area contributed by atoms with Gasteiger partial charge in [0.2, 0.25) is 0 Å². The highest BCUT2D eigenvalue weighted by Gasteiger charge is 2.16. The third-order valence-corrected chi connectivity index (χ3v) is 12.1. The molecule has 1 heterocycles. The van der Waals surface area contributed by atoms with E-state index in [-0.39, 0.29) is 0 Å². The van der Waals surface area contributed by atoms with E-state index >= 15 is 0 Å². The summed E-state index contributed by atoms with van der Waals surface area (Å²) in [7, 11) is 0. The van der Waals surface area contributed by atoms with E-state index in [0.717, 1.165) is 22.7 Å². The molecule has 0 radical (unpaired) electrons. The van der Waals surface area contributed by atoms with Gasteiger partial charge < -0.3 is 9.47 Å². The van der Waals surface area contributed by atoms with Gasteiger partial charge in [-0.25, -0.2) is 0 Å². The number of rotatable bonds is 8. The van der Waals surface area contributed by atoms with Crippen molar-refractivity contribution in [2.75, 3.05) is 4.90 Å². The van der Waals surface area contributed by atoms with E-state index in [1.807, 2.05) is 0 Å². The normalized spacial score (nSPS) is 11.4. The number of nitrogens with zero attached hydrogens (tertiary/aromatic N) is 2. The van der Waals surface area contributed by atoms with Crippen LogP contribution in [0.1, 0.15) is 5.56 Å². The van der Waals surface area contributed by atoms with E-state index in [4.69, 9.17) is 0 Å². The highest BCUT2D eigenvalue weighted by molar-refractivity contribution is 6.09. The first kappa shape index (κ1) is 36.2. The number of aryl methyl sites for hydroxylation is 1. The molecule has 11 rings (SSSR count). The topological polar surface area (TPSA) is 8.17 Å². The zero-order chi connectivity index (χ0) is 40.7. The van der Waals surface area contributed by atoms with Gasteiger partial charge in [-0.15, -0.1) is 0 Å². The zero-order valence-electron chi connectivity index (χ0n) is 33.9. The van der Waals surface area contributed by atoms with Gasteiger partial charge in [-0.1, -0.05) is 169 Å². The van der Waals surface area contributed by atoms with Gasteiger partial charge in [-0.3, -0.25) is 0 Å². The molecule has 2 nitrogen and oxygen atoms in total. The fourth-order valence-corrected chi connectivity index (χ4v) is 8.84. The average molecular weight is 779 g/mol. The lowest BCUT2D eigenvalue weighted by atomic mass is 9.97. The van der Waals surface area contributed by atoms with Crippen LogP contribution in [0.25, 0.3) is 82.8 Å². The summed E-state index contributed by atoms with van der Waals surface area (Å²) in [6, 6.07) is 86.0. The van der Waals surface area contributed by atoms with Crippen molar-refractivity contribution in [3.63, 3.8) is 0 Å². The fraction of sp³-hybridized carbons (Fsp3) is 0.0169. The minimum atomic E-state index is 1.09. The van der Waals surface area contributed by atoms with Crippen molar-refractivity contribution >= 4 is 49.6 Å². The van der Waals surface area contributed by atoms with Crippen molar-refractivity contribution in [2.24, 2.45) is 0 Å². The second-order valence-electron chi connectivity index (χ2n) is 15.9. The second-order valence-corrected chi connectivity index (χ2v) is 15.9. The molecule has 1 aromatic heterocycles. The standard InChI is InChI=1S/C59H42N2/c1-41-15-17-43(18-16-41)44-19-21-45(22-20-44)46-27-31-52(32-28-46)60(54-35-37-55(38-36-54)61-58-13-7-5-11-56(58)57-12-6-8-14-59(57)61)53-33-29-47(30-34-53)49-24-26-50-39-48(23-25-51(50)40-49)42-9-3-2-4-10-42/h2-40H,1H3. The first-order valence-corrected chi connectivity index (χ1v) is 21.0.